The summed E-state index contributed by atoms with van der Waals surface area (Å²) < 4.78 is 0. The number of aliphatic hydroxyl groups excluding tert-OH is 1. The molecule has 12 heavy (non-hydrogen) atoms. The Hall–Kier alpha value is -0.860. The van der Waals surface area contributed by atoms with Crippen LogP contribution in [0.2, 0.25) is 0 Å². The van der Waals surface area contributed by atoms with Crippen LogP contribution in [0.3, 0.4) is 0 Å². The van der Waals surface area contributed by atoms with Gasteiger partial charge in [0.1, 0.15) is 0 Å². The van der Waals surface area contributed by atoms with Gasteiger partial charge in [0.2, 0.25) is 0 Å². The molecule has 1 aromatic carbocycles. The molecule has 66 valence electrons. The molecule has 0 heterocycles. The molecule has 3 N–H and O–H groups in total. The van der Waals surface area contributed by atoms with Gasteiger partial charge >= 0.3 is 0 Å². The summed E-state index contributed by atoms with van der Waals surface area (Å²) in [5.74, 6) is 0.201. The third-order valence-electron chi connectivity index (χ3n) is 1.96. The molecule has 1 aromatic rings. The second-order valence-electron chi connectivity index (χ2n) is 2.97. The molecule has 0 aliphatic carbocycles. The van der Waals surface area contributed by atoms with Gasteiger partial charge in [0.25, 0.3) is 0 Å². The summed E-state index contributed by atoms with van der Waals surface area (Å²) in [7, 11) is 0. The number of benzene rings is 1. The van der Waals surface area contributed by atoms with Crippen molar-refractivity contribution in [2.45, 2.75) is 6.42 Å². The second-order valence-corrected chi connectivity index (χ2v) is 2.97. The predicted molar refractivity (Wildman–Crippen MR) is 49.8 cm³/mol. The minimum atomic E-state index is 0.172. The van der Waals surface area contributed by atoms with E-state index in [4.69, 9.17) is 10.8 Å². The molecule has 2 heteroatoms. The molecule has 2 nitrogen and oxygen atoms in total. The molecule has 0 radical (unpaired) electrons. The van der Waals surface area contributed by atoms with Crippen molar-refractivity contribution in [3.05, 3.63) is 35.9 Å². The van der Waals surface area contributed by atoms with Gasteiger partial charge < -0.3 is 10.8 Å². The molecule has 0 spiro atoms. The third kappa shape index (κ3) is 2.64. The Labute approximate surface area is 73.0 Å². The van der Waals surface area contributed by atoms with Crippen LogP contribution in [0.4, 0.5) is 0 Å². The fourth-order valence-electron chi connectivity index (χ4n) is 1.17. The van der Waals surface area contributed by atoms with Gasteiger partial charge in [-0.2, -0.15) is 0 Å². The predicted octanol–water partition coefficient (Wildman–Crippen LogP) is 0.796. The molecule has 0 saturated carbocycles. The average molecular weight is 165 g/mol. The molecule has 0 aromatic heterocycles. The standard InChI is InChI=1S/C10H15NO/c11-7-10(8-12)6-9-4-2-1-3-5-9/h1-5,10,12H,6-8,11H2/t10-/m1/s1. The maximum atomic E-state index is 8.91. The van der Waals surface area contributed by atoms with Gasteiger partial charge in [-0.05, 0) is 24.4 Å². The van der Waals surface area contributed by atoms with Crippen molar-refractivity contribution in [2.24, 2.45) is 11.7 Å². The van der Waals surface area contributed by atoms with Crippen molar-refractivity contribution >= 4 is 0 Å². The minimum Gasteiger partial charge on any atom is -0.396 e. The zero-order chi connectivity index (χ0) is 8.81. The Morgan fingerprint density at radius 2 is 1.92 bits per heavy atom. The van der Waals surface area contributed by atoms with Crippen LogP contribution in [-0.4, -0.2) is 18.3 Å². The molecule has 1 rings (SSSR count). The Morgan fingerprint density at radius 1 is 1.25 bits per heavy atom. The quantitative estimate of drug-likeness (QED) is 0.693. The first kappa shape index (κ1) is 9.23. The zero-order valence-electron chi connectivity index (χ0n) is 7.11. The smallest absolute Gasteiger partial charge is 0.0474 e. The van der Waals surface area contributed by atoms with Crippen LogP contribution in [-0.2, 0) is 6.42 Å². The van der Waals surface area contributed by atoms with E-state index in [-0.39, 0.29) is 12.5 Å². The van der Waals surface area contributed by atoms with Gasteiger partial charge in [0.05, 0.1) is 0 Å². The SMILES string of the molecule is NC[C@H](CO)Cc1ccccc1. The van der Waals surface area contributed by atoms with Crippen LogP contribution >= 0.6 is 0 Å². The second kappa shape index (κ2) is 4.91. The first-order valence-electron chi connectivity index (χ1n) is 4.21. The van der Waals surface area contributed by atoms with Crippen molar-refractivity contribution in [2.75, 3.05) is 13.2 Å². The lowest BCUT2D eigenvalue weighted by Crippen LogP contribution is -2.20. The van der Waals surface area contributed by atoms with Crippen LogP contribution in [0.15, 0.2) is 30.3 Å². The molecule has 0 bridgehead atoms. The van der Waals surface area contributed by atoms with Gasteiger partial charge in [0.15, 0.2) is 0 Å². The highest BCUT2D eigenvalue weighted by Gasteiger charge is 2.04. The normalized spacial score (nSPS) is 12.8. The van der Waals surface area contributed by atoms with Crippen LogP contribution in [0, 0.1) is 5.92 Å². The topological polar surface area (TPSA) is 46.2 Å². The number of rotatable bonds is 4. The molecule has 1 atom stereocenters. The zero-order valence-corrected chi connectivity index (χ0v) is 7.11. The van der Waals surface area contributed by atoms with Crippen molar-refractivity contribution in [1.82, 2.24) is 0 Å². The monoisotopic (exact) mass is 165 g/mol. The van der Waals surface area contributed by atoms with Gasteiger partial charge in [-0.25, -0.2) is 0 Å². The summed E-state index contributed by atoms with van der Waals surface area (Å²) in [4.78, 5) is 0. The third-order valence-corrected chi connectivity index (χ3v) is 1.96. The number of aliphatic hydroxyl groups is 1. The van der Waals surface area contributed by atoms with Gasteiger partial charge in [-0.15, -0.1) is 0 Å². The number of hydrogen-bond donors (Lipinski definition) is 2. The highest BCUT2D eigenvalue weighted by Crippen LogP contribution is 2.06. The fraction of sp³-hybridized carbons (Fsp3) is 0.400. The lowest BCUT2D eigenvalue weighted by Gasteiger charge is -2.10. The summed E-state index contributed by atoms with van der Waals surface area (Å²) in [6.07, 6.45) is 0.869. The maximum Gasteiger partial charge on any atom is 0.0474 e. The van der Waals surface area contributed by atoms with E-state index in [2.05, 4.69) is 12.1 Å². The Kier molecular flexibility index (Phi) is 3.77. The Morgan fingerprint density at radius 3 is 2.42 bits per heavy atom. The summed E-state index contributed by atoms with van der Waals surface area (Å²) in [6.45, 7) is 0.719. The summed E-state index contributed by atoms with van der Waals surface area (Å²) in [5.41, 5.74) is 6.71. The van der Waals surface area contributed by atoms with Crippen LogP contribution in [0.1, 0.15) is 5.56 Å². The lowest BCUT2D eigenvalue weighted by molar-refractivity contribution is 0.230. The summed E-state index contributed by atoms with van der Waals surface area (Å²) >= 11 is 0. The molecule has 0 aliphatic heterocycles. The van der Waals surface area contributed by atoms with Gasteiger partial charge in [-0.1, -0.05) is 30.3 Å². The molecule has 0 saturated heterocycles. The number of nitrogens with two attached hydrogens (primary N) is 1. The van der Waals surface area contributed by atoms with E-state index in [1.165, 1.54) is 5.56 Å². The van der Waals surface area contributed by atoms with Crippen LogP contribution in [0.5, 0.6) is 0 Å². The summed E-state index contributed by atoms with van der Waals surface area (Å²) in [5, 5.41) is 8.91. The van der Waals surface area contributed by atoms with Crippen LogP contribution in [0.25, 0.3) is 0 Å². The molecular weight excluding hydrogens is 150 g/mol. The van der Waals surface area contributed by atoms with Crippen molar-refractivity contribution in [3.63, 3.8) is 0 Å². The molecular formula is C10H15NO. The molecule has 0 fully saturated rings. The molecule has 0 amide bonds. The van der Waals surface area contributed by atoms with Gasteiger partial charge in [0, 0.05) is 6.61 Å². The van der Waals surface area contributed by atoms with E-state index < -0.39 is 0 Å². The van der Waals surface area contributed by atoms with E-state index in [0.717, 1.165) is 6.42 Å². The van der Waals surface area contributed by atoms with E-state index in [9.17, 15) is 0 Å². The van der Waals surface area contributed by atoms with Crippen LogP contribution < -0.4 is 5.73 Å². The Balaban J connectivity index is 2.51. The average Bonchev–Trinajstić information content (AvgIpc) is 2.16. The maximum absolute atomic E-state index is 8.91. The molecule has 0 unspecified atom stereocenters. The fourth-order valence-corrected chi connectivity index (χ4v) is 1.17. The minimum absolute atomic E-state index is 0.172. The van der Waals surface area contributed by atoms with Gasteiger partial charge in [-0.3, -0.25) is 0 Å². The van der Waals surface area contributed by atoms with E-state index in [1.807, 2.05) is 18.2 Å². The van der Waals surface area contributed by atoms with E-state index in [0.29, 0.717) is 6.54 Å². The Bertz CT molecular complexity index is 206. The van der Waals surface area contributed by atoms with E-state index >= 15 is 0 Å². The van der Waals surface area contributed by atoms with Crippen molar-refractivity contribution < 1.29 is 5.11 Å². The first-order valence-corrected chi connectivity index (χ1v) is 4.21. The molecule has 0 aliphatic rings. The number of hydrogen-bond acceptors (Lipinski definition) is 2. The highest BCUT2D eigenvalue weighted by molar-refractivity contribution is 5.15. The largest absolute Gasteiger partial charge is 0.396 e. The highest BCUT2D eigenvalue weighted by atomic mass is 16.3. The van der Waals surface area contributed by atoms with Crippen molar-refractivity contribution in [3.8, 4) is 0 Å². The van der Waals surface area contributed by atoms with Crippen molar-refractivity contribution in [1.29, 1.82) is 0 Å². The lowest BCUT2D eigenvalue weighted by atomic mass is 10.0. The van der Waals surface area contributed by atoms with E-state index in [1.54, 1.807) is 0 Å². The summed E-state index contributed by atoms with van der Waals surface area (Å²) in [6, 6.07) is 10.1. The first-order chi connectivity index (χ1) is 5.86.